The number of rotatable bonds is 1. The van der Waals surface area contributed by atoms with Gasteiger partial charge in [0.2, 0.25) is 5.91 Å². The molecule has 1 amide bonds. The van der Waals surface area contributed by atoms with Crippen molar-refractivity contribution in [2.45, 2.75) is 25.3 Å². The van der Waals surface area contributed by atoms with E-state index in [2.05, 4.69) is 10.6 Å². The molecule has 0 bridgehead atoms. The highest BCUT2D eigenvalue weighted by atomic mass is 16.2. The molecule has 0 aliphatic carbocycles. The van der Waals surface area contributed by atoms with E-state index in [9.17, 15) is 4.79 Å². The van der Waals surface area contributed by atoms with E-state index < -0.39 is 0 Å². The van der Waals surface area contributed by atoms with Crippen molar-refractivity contribution < 1.29 is 4.79 Å². The van der Waals surface area contributed by atoms with Crippen LogP contribution >= 0.6 is 0 Å². The molecule has 0 saturated carbocycles. The summed E-state index contributed by atoms with van der Waals surface area (Å²) in [6, 6.07) is -0.109. The molecule has 4 heteroatoms. The van der Waals surface area contributed by atoms with E-state index >= 15 is 0 Å². The van der Waals surface area contributed by atoms with Gasteiger partial charge in [0.15, 0.2) is 0 Å². The first kappa shape index (κ1) is 9.93. The van der Waals surface area contributed by atoms with Crippen LogP contribution in [0.5, 0.6) is 0 Å². The highest BCUT2D eigenvalue weighted by Crippen LogP contribution is 2.10. The first-order valence-electron chi connectivity index (χ1n) is 5.54. The monoisotopic (exact) mass is 196 g/mol. The molecular weight excluding hydrogens is 178 g/mol. The number of amides is 1. The Labute approximate surface area is 85.0 Å². The van der Waals surface area contributed by atoms with Crippen LogP contribution in [-0.2, 0) is 4.79 Å². The molecule has 14 heavy (non-hydrogen) atoms. The standard InChI is InChI=1S/C10H18N3O/c14-10(9-8-11-4-5-12-9)13-6-2-1-3-7-13/h9,11H,1-8H2. The SMILES string of the molecule is O=C(C1CNCC[N]1)N1CCCCC1. The quantitative estimate of drug-likeness (QED) is 0.619. The molecule has 1 atom stereocenters. The summed E-state index contributed by atoms with van der Waals surface area (Å²) in [5.74, 6) is 0.233. The fraction of sp³-hybridized carbons (Fsp3) is 0.900. The molecular formula is C10H18N3O. The van der Waals surface area contributed by atoms with Crippen LogP contribution in [0.4, 0.5) is 0 Å². The molecule has 2 saturated heterocycles. The van der Waals surface area contributed by atoms with E-state index in [-0.39, 0.29) is 11.9 Å². The largest absolute Gasteiger partial charge is 0.341 e. The summed E-state index contributed by atoms with van der Waals surface area (Å²) in [5, 5.41) is 7.56. The Bertz CT molecular complexity index is 176. The summed E-state index contributed by atoms with van der Waals surface area (Å²) in [7, 11) is 0. The van der Waals surface area contributed by atoms with Gasteiger partial charge in [0.05, 0.1) is 0 Å². The van der Waals surface area contributed by atoms with Crippen LogP contribution in [0.25, 0.3) is 0 Å². The van der Waals surface area contributed by atoms with Gasteiger partial charge in [0.1, 0.15) is 6.04 Å². The Hall–Kier alpha value is -0.610. The van der Waals surface area contributed by atoms with Gasteiger partial charge in [-0.2, -0.15) is 0 Å². The number of nitrogens with one attached hydrogen (secondary N) is 1. The van der Waals surface area contributed by atoms with E-state index in [4.69, 9.17) is 0 Å². The van der Waals surface area contributed by atoms with Gasteiger partial charge in [-0.15, -0.1) is 0 Å². The van der Waals surface area contributed by atoms with Crippen molar-refractivity contribution in [3.63, 3.8) is 0 Å². The van der Waals surface area contributed by atoms with E-state index in [0.29, 0.717) is 0 Å². The summed E-state index contributed by atoms with van der Waals surface area (Å²) in [4.78, 5) is 13.9. The third-order valence-corrected chi connectivity index (χ3v) is 2.93. The van der Waals surface area contributed by atoms with Crippen LogP contribution < -0.4 is 10.6 Å². The molecule has 0 spiro atoms. The highest BCUT2D eigenvalue weighted by molar-refractivity contribution is 5.82. The molecule has 2 aliphatic rings. The second kappa shape index (κ2) is 4.75. The number of hydrogen-bond donors (Lipinski definition) is 1. The van der Waals surface area contributed by atoms with Crippen LogP contribution in [0.1, 0.15) is 19.3 Å². The van der Waals surface area contributed by atoms with Crippen molar-refractivity contribution >= 4 is 5.91 Å². The highest BCUT2D eigenvalue weighted by Gasteiger charge is 2.27. The number of hydrogen-bond acceptors (Lipinski definition) is 2. The zero-order valence-corrected chi connectivity index (χ0v) is 8.54. The summed E-state index contributed by atoms with van der Waals surface area (Å²) >= 11 is 0. The number of carbonyl (C=O) groups is 1. The molecule has 0 aromatic rings. The van der Waals surface area contributed by atoms with Crippen molar-refractivity contribution in [3.05, 3.63) is 0 Å². The summed E-state index contributed by atoms with van der Waals surface area (Å²) in [6.07, 6.45) is 3.58. The lowest BCUT2D eigenvalue weighted by atomic mass is 10.1. The lowest BCUT2D eigenvalue weighted by Crippen LogP contribution is -2.54. The van der Waals surface area contributed by atoms with Crippen molar-refractivity contribution in [2.24, 2.45) is 0 Å². The Balaban J connectivity index is 1.85. The summed E-state index contributed by atoms with van der Waals surface area (Å²) in [5.41, 5.74) is 0. The zero-order valence-electron chi connectivity index (χ0n) is 8.54. The Morgan fingerprint density at radius 3 is 2.71 bits per heavy atom. The van der Waals surface area contributed by atoms with E-state index in [1.807, 2.05) is 4.90 Å². The van der Waals surface area contributed by atoms with Crippen molar-refractivity contribution in [2.75, 3.05) is 32.7 Å². The van der Waals surface area contributed by atoms with Gasteiger partial charge in [0.25, 0.3) is 0 Å². The van der Waals surface area contributed by atoms with Gasteiger partial charge < -0.3 is 10.2 Å². The molecule has 4 nitrogen and oxygen atoms in total. The van der Waals surface area contributed by atoms with E-state index in [1.165, 1.54) is 6.42 Å². The van der Waals surface area contributed by atoms with Gasteiger partial charge >= 0.3 is 0 Å². The molecule has 2 rings (SSSR count). The number of piperazine rings is 1. The Morgan fingerprint density at radius 2 is 2.07 bits per heavy atom. The summed E-state index contributed by atoms with van der Waals surface area (Å²) < 4.78 is 0. The summed E-state index contributed by atoms with van der Waals surface area (Å²) in [6.45, 7) is 4.30. The first-order valence-corrected chi connectivity index (χ1v) is 5.54. The van der Waals surface area contributed by atoms with Gasteiger partial charge in [-0.25, -0.2) is 5.32 Å². The first-order chi connectivity index (χ1) is 6.88. The maximum atomic E-state index is 11.9. The minimum atomic E-state index is -0.109. The number of piperidine rings is 1. The Kier molecular flexibility index (Phi) is 3.37. The van der Waals surface area contributed by atoms with Gasteiger partial charge in [-0.1, -0.05) is 0 Å². The average molecular weight is 196 g/mol. The zero-order chi connectivity index (χ0) is 9.80. The fourth-order valence-electron chi connectivity index (χ4n) is 2.09. The predicted molar refractivity (Wildman–Crippen MR) is 54.1 cm³/mol. The molecule has 2 heterocycles. The van der Waals surface area contributed by atoms with Crippen LogP contribution in [0, 0.1) is 0 Å². The molecule has 1 unspecified atom stereocenters. The number of likely N-dealkylation sites (tertiary alicyclic amines) is 1. The molecule has 2 fully saturated rings. The maximum Gasteiger partial charge on any atom is 0.242 e. The minimum absolute atomic E-state index is 0.109. The molecule has 0 aromatic heterocycles. The van der Waals surface area contributed by atoms with E-state index in [1.54, 1.807) is 0 Å². The second-order valence-electron chi connectivity index (χ2n) is 4.01. The normalized spacial score (nSPS) is 28.9. The van der Waals surface area contributed by atoms with Gasteiger partial charge in [-0.3, -0.25) is 4.79 Å². The third-order valence-electron chi connectivity index (χ3n) is 2.93. The third kappa shape index (κ3) is 2.25. The van der Waals surface area contributed by atoms with Crippen LogP contribution in [0.15, 0.2) is 0 Å². The van der Waals surface area contributed by atoms with Crippen molar-refractivity contribution in [1.29, 1.82) is 0 Å². The average Bonchev–Trinajstić information content (AvgIpc) is 2.30. The molecule has 2 aliphatic heterocycles. The Morgan fingerprint density at radius 1 is 1.29 bits per heavy atom. The smallest absolute Gasteiger partial charge is 0.242 e. The predicted octanol–water partition coefficient (Wildman–Crippen LogP) is -0.425. The molecule has 79 valence electrons. The molecule has 0 aromatic carbocycles. The number of nitrogens with zero attached hydrogens (tertiary/aromatic N) is 2. The lowest BCUT2D eigenvalue weighted by molar-refractivity contribution is -0.134. The van der Waals surface area contributed by atoms with Crippen LogP contribution in [0.2, 0.25) is 0 Å². The van der Waals surface area contributed by atoms with Crippen molar-refractivity contribution in [3.8, 4) is 0 Å². The molecule has 1 radical (unpaired) electrons. The van der Waals surface area contributed by atoms with Gasteiger partial charge in [0, 0.05) is 32.7 Å². The van der Waals surface area contributed by atoms with Crippen LogP contribution in [0.3, 0.4) is 0 Å². The minimum Gasteiger partial charge on any atom is -0.341 e. The molecule has 1 N–H and O–H groups in total. The topological polar surface area (TPSA) is 46.4 Å². The van der Waals surface area contributed by atoms with Crippen LogP contribution in [-0.4, -0.2) is 49.6 Å². The number of carbonyl (C=O) groups excluding carboxylic acids is 1. The second-order valence-corrected chi connectivity index (χ2v) is 4.01. The van der Waals surface area contributed by atoms with E-state index in [0.717, 1.165) is 45.6 Å². The maximum absolute atomic E-state index is 11.9. The fourth-order valence-corrected chi connectivity index (χ4v) is 2.09. The lowest BCUT2D eigenvalue weighted by Gasteiger charge is -2.31. The van der Waals surface area contributed by atoms with Gasteiger partial charge in [-0.05, 0) is 19.3 Å². The van der Waals surface area contributed by atoms with Crippen molar-refractivity contribution in [1.82, 2.24) is 15.5 Å².